The summed E-state index contributed by atoms with van der Waals surface area (Å²) in [5, 5.41) is 3.04. The van der Waals surface area contributed by atoms with Crippen molar-refractivity contribution in [2.45, 2.75) is 10.6 Å². The van der Waals surface area contributed by atoms with E-state index in [1.165, 1.54) is 17.5 Å². The van der Waals surface area contributed by atoms with Crippen LogP contribution < -0.4 is 10.0 Å². The second kappa shape index (κ2) is 6.66. The lowest BCUT2D eigenvalue weighted by Crippen LogP contribution is -2.13. The number of thiophene rings is 1. The van der Waals surface area contributed by atoms with Crippen molar-refractivity contribution in [1.82, 2.24) is 10.3 Å². The molecule has 2 heterocycles. The van der Waals surface area contributed by atoms with Gasteiger partial charge in [0.2, 0.25) is 0 Å². The van der Waals surface area contributed by atoms with Gasteiger partial charge >= 0.3 is 0 Å². The number of hydrogen-bond acceptors (Lipinski definition) is 5. The average molecular weight is 376 g/mol. The Morgan fingerprint density at radius 3 is 2.85 bits per heavy atom. The number of nitrogens with zero attached hydrogens (tertiary/aromatic N) is 1. The number of likely N-dealkylation sites (N-methyl/N-ethyl adjacent to an activating group) is 1. The van der Waals surface area contributed by atoms with E-state index in [9.17, 15) is 8.42 Å². The largest absolute Gasteiger partial charge is 0.319 e. The Morgan fingerprint density at radius 2 is 2.15 bits per heavy atom. The van der Waals surface area contributed by atoms with Gasteiger partial charge in [-0.15, -0.1) is 11.3 Å². The molecule has 0 bridgehead atoms. The van der Waals surface area contributed by atoms with Gasteiger partial charge < -0.3 is 5.32 Å². The number of sulfonamides is 1. The Kier molecular flexibility index (Phi) is 5.14. The number of anilines is 1. The summed E-state index contributed by atoms with van der Waals surface area (Å²) < 4.78 is 27.9. The molecule has 0 spiro atoms. The first-order chi connectivity index (χ1) is 9.53. The molecule has 0 unspecified atom stereocenters. The topological polar surface area (TPSA) is 71.1 Å². The third-order valence-electron chi connectivity index (χ3n) is 2.51. The smallest absolute Gasteiger partial charge is 0.272 e. The summed E-state index contributed by atoms with van der Waals surface area (Å²) in [6.07, 6.45) is 2.35. The van der Waals surface area contributed by atoms with E-state index in [2.05, 4.69) is 31.0 Å². The molecule has 0 radical (unpaired) electrons. The van der Waals surface area contributed by atoms with Crippen molar-refractivity contribution in [1.29, 1.82) is 0 Å². The lowest BCUT2D eigenvalue weighted by molar-refractivity contribution is 0.603. The monoisotopic (exact) mass is 375 g/mol. The van der Waals surface area contributed by atoms with E-state index in [4.69, 9.17) is 0 Å². The van der Waals surface area contributed by atoms with Gasteiger partial charge in [0.25, 0.3) is 10.0 Å². The number of aromatic nitrogens is 1. The molecule has 5 nitrogen and oxygen atoms in total. The fourth-order valence-corrected chi connectivity index (χ4v) is 4.39. The molecular formula is C12H14BrN3O2S2. The molecule has 0 fully saturated rings. The lowest BCUT2D eigenvalue weighted by Gasteiger charge is -2.06. The maximum Gasteiger partial charge on any atom is 0.272 e. The van der Waals surface area contributed by atoms with Crippen molar-refractivity contribution in [3.8, 4) is 0 Å². The summed E-state index contributed by atoms with van der Waals surface area (Å²) in [7, 11) is -1.72. The SMILES string of the molecule is CNCCc1ccc(S(=O)(=O)Nc2ncccc2Br)s1. The van der Waals surface area contributed by atoms with Crippen LogP contribution in [0.25, 0.3) is 0 Å². The van der Waals surface area contributed by atoms with Crippen LogP contribution in [0.4, 0.5) is 5.82 Å². The van der Waals surface area contributed by atoms with Crippen molar-refractivity contribution < 1.29 is 8.42 Å². The second-order valence-electron chi connectivity index (χ2n) is 4.01. The maximum absolute atomic E-state index is 12.3. The number of pyridine rings is 1. The van der Waals surface area contributed by atoms with Gasteiger partial charge in [-0.1, -0.05) is 0 Å². The summed E-state index contributed by atoms with van der Waals surface area (Å²) >= 11 is 4.54. The van der Waals surface area contributed by atoms with Crippen LogP contribution in [0.2, 0.25) is 0 Å². The molecule has 2 N–H and O–H groups in total. The molecule has 0 amide bonds. The zero-order chi connectivity index (χ0) is 14.6. The highest BCUT2D eigenvalue weighted by Crippen LogP contribution is 2.26. The third kappa shape index (κ3) is 3.78. The van der Waals surface area contributed by atoms with Crippen LogP contribution in [0.15, 0.2) is 39.1 Å². The molecule has 0 saturated heterocycles. The fourth-order valence-electron chi connectivity index (χ4n) is 1.52. The minimum Gasteiger partial charge on any atom is -0.319 e. The summed E-state index contributed by atoms with van der Waals surface area (Å²) in [5.41, 5.74) is 0. The first kappa shape index (κ1) is 15.4. The second-order valence-corrected chi connectivity index (χ2v) is 7.95. The van der Waals surface area contributed by atoms with E-state index in [-0.39, 0.29) is 5.82 Å². The zero-order valence-electron chi connectivity index (χ0n) is 10.8. The standard InChI is InChI=1S/C12H14BrN3O2S2/c1-14-8-6-9-4-5-11(19-9)20(17,18)16-12-10(13)3-2-7-15-12/h2-5,7,14H,6,8H2,1H3,(H,15,16). The molecule has 0 aliphatic carbocycles. The Morgan fingerprint density at radius 1 is 1.35 bits per heavy atom. The Bertz CT molecular complexity index is 686. The molecule has 0 atom stereocenters. The normalized spacial score (nSPS) is 11.5. The molecule has 0 aliphatic heterocycles. The molecule has 0 aliphatic rings. The van der Waals surface area contributed by atoms with Gasteiger partial charge in [-0.3, -0.25) is 4.72 Å². The van der Waals surface area contributed by atoms with Crippen LogP contribution in [0.3, 0.4) is 0 Å². The quantitative estimate of drug-likeness (QED) is 0.813. The van der Waals surface area contributed by atoms with Crippen LogP contribution in [-0.2, 0) is 16.4 Å². The van der Waals surface area contributed by atoms with Crippen molar-refractivity contribution in [2.75, 3.05) is 18.3 Å². The van der Waals surface area contributed by atoms with Gasteiger partial charge in [0.1, 0.15) is 4.21 Å². The van der Waals surface area contributed by atoms with Crippen LogP contribution in [0.1, 0.15) is 4.88 Å². The van der Waals surface area contributed by atoms with Gasteiger partial charge in [-0.25, -0.2) is 13.4 Å². The van der Waals surface area contributed by atoms with E-state index in [1.54, 1.807) is 18.2 Å². The van der Waals surface area contributed by atoms with Gasteiger partial charge in [-0.2, -0.15) is 0 Å². The predicted molar refractivity (Wildman–Crippen MR) is 84.7 cm³/mol. The maximum atomic E-state index is 12.3. The van der Waals surface area contributed by atoms with Crippen LogP contribution >= 0.6 is 27.3 Å². The highest BCUT2D eigenvalue weighted by molar-refractivity contribution is 9.10. The molecule has 2 aromatic heterocycles. The molecule has 2 rings (SSSR count). The number of halogens is 1. The average Bonchev–Trinajstić information content (AvgIpc) is 2.88. The van der Waals surface area contributed by atoms with Gasteiger partial charge in [-0.05, 0) is 60.2 Å². The van der Waals surface area contributed by atoms with Crippen molar-refractivity contribution in [3.05, 3.63) is 39.8 Å². The molecular weight excluding hydrogens is 362 g/mol. The zero-order valence-corrected chi connectivity index (χ0v) is 14.0. The highest BCUT2D eigenvalue weighted by atomic mass is 79.9. The number of rotatable bonds is 6. The van der Waals surface area contributed by atoms with E-state index in [1.807, 2.05) is 13.1 Å². The molecule has 0 aromatic carbocycles. The minimum absolute atomic E-state index is 0.290. The third-order valence-corrected chi connectivity index (χ3v) is 6.13. The van der Waals surface area contributed by atoms with Crippen LogP contribution in [-0.4, -0.2) is 27.0 Å². The van der Waals surface area contributed by atoms with Crippen molar-refractivity contribution >= 4 is 43.1 Å². The molecule has 2 aromatic rings. The Balaban J connectivity index is 2.18. The summed E-state index contributed by atoms with van der Waals surface area (Å²) in [4.78, 5) is 5.03. The van der Waals surface area contributed by atoms with E-state index >= 15 is 0 Å². The van der Waals surface area contributed by atoms with Crippen LogP contribution in [0.5, 0.6) is 0 Å². The van der Waals surface area contributed by atoms with E-state index in [0.29, 0.717) is 8.68 Å². The molecule has 20 heavy (non-hydrogen) atoms. The van der Waals surface area contributed by atoms with Gasteiger partial charge in [0, 0.05) is 11.1 Å². The van der Waals surface area contributed by atoms with Crippen molar-refractivity contribution in [3.63, 3.8) is 0 Å². The first-order valence-electron chi connectivity index (χ1n) is 5.89. The lowest BCUT2D eigenvalue weighted by atomic mass is 10.3. The minimum atomic E-state index is -3.58. The predicted octanol–water partition coefficient (Wildman–Crippen LogP) is 2.47. The fraction of sp³-hybridized carbons (Fsp3) is 0.250. The van der Waals surface area contributed by atoms with Gasteiger partial charge in [0.05, 0.1) is 4.47 Å². The van der Waals surface area contributed by atoms with Gasteiger partial charge in [0.15, 0.2) is 5.82 Å². The molecule has 0 saturated carbocycles. The summed E-state index contributed by atoms with van der Waals surface area (Å²) in [5.74, 6) is 0.290. The number of nitrogens with one attached hydrogen (secondary N) is 2. The summed E-state index contributed by atoms with van der Waals surface area (Å²) in [6.45, 7) is 0.819. The first-order valence-corrected chi connectivity index (χ1v) is 8.99. The van der Waals surface area contributed by atoms with Crippen molar-refractivity contribution in [2.24, 2.45) is 0 Å². The summed E-state index contributed by atoms with van der Waals surface area (Å²) in [6, 6.07) is 6.92. The Labute approximate surface area is 130 Å². The Hall–Kier alpha value is -0.960. The van der Waals surface area contributed by atoms with E-state index < -0.39 is 10.0 Å². The molecule has 8 heteroatoms. The highest BCUT2D eigenvalue weighted by Gasteiger charge is 2.18. The van der Waals surface area contributed by atoms with Crippen LogP contribution in [0, 0.1) is 0 Å². The van der Waals surface area contributed by atoms with E-state index in [0.717, 1.165) is 17.8 Å². The molecule has 108 valence electrons. The number of hydrogen-bond donors (Lipinski definition) is 2.